The van der Waals surface area contributed by atoms with E-state index in [0.717, 1.165) is 38.2 Å². The molecule has 0 aromatic carbocycles. The van der Waals surface area contributed by atoms with E-state index in [9.17, 15) is 0 Å². The highest BCUT2D eigenvalue weighted by molar-refractivity contribution is 5.46. The monoisotopic (exact) mass is 264 g/mol. The minimum absolute atomic E-state index is 0.220. The predicted molar refractivity (Wildman–Crippen MR) is 82.6 cm³/mol. The Labute approximate surface area is 117 Å². The highest BCUT2D eigenvalue weighted by atomic mass is 15.2. The molecule has 0 saturated heterocycles. The second kappa shape index (κ2) is 8.12. The molecule has 4 nitrogen and oxygen atoms in total. The average Bonchev–Trinajstić information content (AvgIpc) is 2.38. The van der Waals surface area contributed by atoms with E-state index in [1.54, 1.807) is 0 Å². The van der Waals surface area contributed by atoms with Crippen LogP contribution in [0.1, 0.15) is 25.3 Å². The lowest BCUT2D eigenvalue weighted by atomic mass is 10.1. The standard InChI is InChI=1S/C15H28N4/c1-5-14(16)12-13-8-6-9-17-15(13)19(4)11-7-10-18(2)3/h6,8-9,14H,5,7,10-12,16H2,1-4H3. The maximum Gasteiger partial charge on any atom is 0.131 e. The molecule has 0 aliphatic rings. The van der Waals surface area contributed by atoms with Crippen molar-refractivity contribution in [2.75, 3.05) is 39.1 Å². The quantitative estimate of drug-likeness (QED) is 0.777. The number of rotatable bonds is 8. The van der Waals surface area contributed by atoms with Gasteiger partial charge in [0.25, 0.3) is 0 Å². The fourth-order valence-corrected chi connectivity index (χ4v) is 2.09. The lowest BCUT2D eigenvalue weighted by Crippen LogP contribution is -2.27. The molecule has 1 atom stereocenters. The summed E-state index contributed by atoms with van der Waals surface area (Å²) in [6.07, 6.45) is 4.90. The summed E-state index contributed by atoms with van der Waals surface area (Å²) in [6, 6.07) is 4.35. The molecular formula is C15H28N4. The van der Waals surface area contributed by atoms with Gasteiger partial charge < -0.3 is 15.5 Å². The molecule has 1 aromatic heterocycles. The second-order valence-corrected chi connectivity index (χ2v) is 5.44. The van der Waals surface area contributed by atoms with Crippen LogP contribution >= 0.6 is 0 Å². The van der Waals surface area contributed by atoms with Crippen molar-refractivity contribution in [3.8, 4) is 0 Å². The zero-order valence-corrected chi connectivity index (χ0v) is 12.8. The summed E-state index contributed by atoms with van der Waals surface area (Å²) >= 11 is 0. The van der Waals surface area contributed by atoms with Crippen LogP contribution in [0.25, 0.3) is 0 Å². The molecule has 4 heteroatoms. The van der Waals surface area contributed by atoms with Crippen LogP contribution in [0.5, 0.6) is 0 Å². The van der Waals surface area contributed by atoms with Crippen molar-refractivity contribution in [1.82, 2.24) is 9.88 Å². The van der Waals surface area contributed by atoms with Gasteiger partial charge in [-0.3, -0.25) is 0 Å². The van der Waals surface area contributed by atoms with Gasteiger partial charge in [0.15, 0.2) is 0 Å². The molecule has 0 spiro atoms. The normalized spacial score (nSPS) is 12.7. The first-order valence-electron chi connectivity index (χ1n) is 7.10. The van der Waals surface area contributed by atoms with Gasteiger partial charge in [-0.1, -0.05) is 13.0 Å². The summed E-state index contributed by atoms with van der Waals surface area (Å²) in [5, 5.41) is 0. The molecule has 0 saturated carbocycles. The summed E-state index contributed by atoms with van der Waals surface area (Å²) < 4.78 is 0. The van der Waals surface area contributed by atoms with E-state index in [4.69, 9.17) is 5.73 Å². The average molecular weight is 264 g/mol. The zero-order valence-electron chi connectivity index (χ0n) is 12.8. The van der Waals surface area contributed by atoms with Crippen LogP contribution in [-0.4, -0.2) is 50.2 Å². The molecule has 0 aliphatic heterocycles. The molecule has 0 aliphatic carbocycles. The van der Waals surface area contributed by atoms with Crippen LogP contribution in [0.3, 0.4) is 0 Å². The van der Waals surface area contributed by atoms with Crippen molar-refractivity contribution in [2.24, 2.45) is 5.73 Å². The van der Waals surface area contributed by atoms with Gasteiger partial charge in [-0.05, 0) is 51.5 Å². The van der Waals surface area contributed by atoms with Crippen LogP contribution in [-0.2, 0) is 6.42 Å². The molecule has 1 heterocycles. The smallest absolute Gasteiger partial charge is 0.131 e. The van der Waals surface area contributed by atoms with Gasteiger partial charge in [0.1, 0.15) is 5.82 Å². The van der Waals surface area contributed by atoms with E-state index in [2.05, 4.69) is 48.9 Å². The number of hydrogen-bond donors (Lipinski definition) is 1. The van der Waals surface area contributed by atoms with E-state index in [-0.39, 0.29) is 6.04 Å². The van der Waals surface area contributed by atoms with E-state index < -0.39 is 0 Å². The summed E-state index contributed by atoms with van der Waals surface area (Å²) in [6.45, 7) is 4.24. The van der Waals surface area contributed by atoms with E-state index in [0.29, 0.717) is 0 Å². The molecule has 0 radical (unpaired) electrons. The summed E-state index contributed by atoms with van der Waals surface area (Å²) in [4.78, 5) is 8.97. The van der Waals surface area contributed by atoms with Gasteiger partial charge in [0.2, 0.25) is 0 Å². The predicted octanol–water partition coefficient (Wildman–Crippen LogP) is 1.75. The molecule has 1 rings (SSSR count). The third-order valence-corrected chi connectivity index (χ3v) is 3.33. The maximum atomic E-state index is 6.06. The molecule has 1 unspecified atom stereocenters. The highest BCUT2D eigenvalue weighted by Gasteiger charge is 2.11. The van der Waals surface area contributed by atoms with Crippen molar-refractivity contribution < 1.29 is 0 Å². The number of aromatic nitrogens is 1. The first-order chi connectivity index (χ1) is 9.04. The largest absolute Gasteiger partial charge is 0.359 e. The van der Waals surface area contributed by atoms with Gasteiger partial charge in [0, 0.05) is 25.8 Å². The van der Waals surface area contributed by atoms with E-state index in [1.807, 2.05) is 12.3 Å². The summed E-state index contributed by atoms with van der Waals surface area (Å²) in [7, 11) is 6.32. The third-order valence-electron chi connectivity index (χ3n) is 3.33. The number of anilines is 1. The first kappa shape index (κ1) is 15.9. The molecule has 2 N–H and O–H groups in total. The number of nitrogens with two attached hydrogens (primary N) is 1. The van der Waals surface area contributed by atoms with Crippen LogP contribution in [0.4, 0.5) is 5.82 Å². The Bertz CT molecular complexity index is 365. The van der Waals surface area contributed by atoms with Crippen LogP contribution in [0.15, 0.2) is 18.3 Å². The van der Waals surface area contributed by atoms with E-state index in [1.165, 1.54) is 5.56 Å². The summed E-state index contributed by atoms with van der Waals surface area (Å²) in [5.41, 5.74) is 7.31. The molecule has 0 bridgehead atoms. The van der Waals surface area contributed by atoms with Gasteiger partial charge in [-0.15, -0.1) is 0 Å². The Hall–Kier alpha value is -1.13. The number of nitrogens with zero attached hydrogens (tertiary/aromatic N) is 3. The van der Waals surface area contributed by atoms with Crippen molar-refractivity contribution in [3.63, 3.8) is 0 Å². The molecule has 0 fully saturated rings. The minimum atomic E-state index is 0.220. The van der Waals surface area contributed by atoms with Gasteiger partial charge in [0.05, 0.1) is 0 Å². The Morgan fingerprint density at radius 2 is 2.00 bits per heavy atom. The lowest BCUT2D eigenvalue weighted by Gasteiger charge is -2.23. The maximum absolute atomic E-state index is 6.06. The fourth-order valence-electron chi connectivity index (χ4n) is 2.09. The van der Waals surface area contributed by atoms with Crippen LogP contribution in [0, 0.1) is 0 Å². The fraction of sp³-hybridized carbons (Fsp3) is 0.667. The number of pyridine rings is 1. The van der Waals surface area contributed by atoms with E-state index >= 15 is 0 Å². The summed E-state index contributed by atoms with van der Waals surface area (Å²) in [5.74, 6) is 1.07. The van der Waals surface area contributed by atoms with Crippen molar-refractivity contribution in [3.05, 3.63) is 23.9 Å². The molecule has 108 valence electrons. The number of hydrogen-bond acceptors (Lipinski definition) is 4. The van der Waals surface area contributed by atoms with Crippen LogP contribution in [0.2, 0.25) is 0 Å². The molecular weight excluding hydrogens is 236 g/mol. The SMILES string of the molecule is CCC(N)Cc1cccnc1N(C)CCCN(C)C. The van der Waals surface area contributed by atoms with Crippen molar-refractivity contribution in [1.29, 1.82) is 0 Å². The third kappa shape index (κ3) is 5.57. The molecule has 19 heavy (non-hydrogen) atoms. The Morgan fingerprint density at radius 1 is 1.26 bits per heavy atom. The van der Waals surface area contributed by atoms with Crippen LogP contribution < -0.4 is 10.6 Å². The lowest BCUT2D eigenvalue weighted by molar-refractivity contribution is 0.401. The Balaban J connectivity index is 2.65. The van der Waals surface area contributed by atoms with Crippen molar-refractivity contribution in [2.45, 2.75) is 32.2 Å². The topological polar surface area (TPSA) is 45.4 Å². The highest BCUT2D eigenvalue weighted by Crippen LogP contribution is 2.18. The molecule has 1 aromatic rings. The van der Waals surface area contributed by atoms with Gasteiger partial charge in [-0.2, -0.15) is 0 Å². The second-order valence-electron chi connectivity index (χ2n) is 5.44. The Kier molecular flexibility index (Phi) is 6.81. The van der Waals surface area contributed by atoms with Gasteiger partial charge in [-0.25, -0.2) is 4.98 Å². The van der Waals surface area contributed by atoms with Gasteiger partial charge >= 0.3 is 0 Å². The first-order valence-corrected chi connectivity index (χ1v) is 7.10. The minimum Gasteiger partial charge on any atom is -0.359 e. The van der Waals surface area contributed by atoms with Crippen molar-refractivity contribution >= 4 is 5.82 Å². The zero-order chi connectivity index (χ0) is 14.3. The molecule has 0 amide bonds. The Morgan fingerprint density at radius 3 is 2.63 bits per heavy atom.